The van der Waals surface area contributed by atoms with Crippen molar-refractivity contribution in [2.24, 2.45) is 5.41 Å². The number of piperidine rings is 1. The molecule has 0 radical (unpaired) electrons. The number of hydrogen-bond donors (Lipinski definition) is 1. The van der Waals surface area contributed by atoms with Gasteiger partial charge in [-0.15, -0.1) is 0 Å². The molecule has 0 amide bonds. The number of anilines is 1. The first-order valence-corrected chi connectivity index (χ1v) is 9.95. The molecule has 1 N–H and O–H groups in total. The van der Waals surface area contributed by atoms with Gasteiger partial charge in [-0.05, 0) is 52.5 Å². The summed E-state index contributed by atoms with van der Waals surface area (Å²) < 4.78 is 23.8. The molecule has 8 nitrogen and oxygen atoms in total. The normalized spacial score (nSPS) is 16.8. The van der Waals surface area contributed by atoms with Gasteiger partial charge in [0.05, 0.1) is 24.1 Å². The first kappa shape index (κ1) is 23.6. The van der Waals surface area contributed by atoms with Gasteiger partial charge in [-0.3, -0.25) is 9.59 Å². The highest BCUT2D eigenvalue weighted by Crippen LogP contribution is 2.32. The van der Waals surface area contributed by atoms with E-state index in [-0.39, 0.29) is 19.4 Å². The minimum absolute atomic E-state index is 0.0251. The quantitative estimate of drug-likeness (QED) is 0.634. The molecule has 1 saturated heterocycles. The lowest BCUT2D eigenvalue weighted by atomic mass is 9.80. The number of esters is 1. The number of ether oxygens (including phenoxy) is 2. The van der Waals surface area contributed by atoms with Crippen molar-refractivity contribution in [3.63, 3.8) is 0 Å². The zero-order valence-electron chi connectivity index (χ0n) is 18.0. The number of carboxylic acid groups (broad SMARTS) is 1. The zero-order chi connectivity index (χ0) is 22.4. The van der Waals surface area contributed by atoms with Gasteiger partial charge in [0.15, 0.2) is 5.75 Å². The first-order chi connectivity index (χ1) is 14.0. The van der Waals surface area contributed by atoms with Gasteiger partial charge in [0, 0.05) is 19.5 Å². The van der Waals surface area contributed by atoms with Gasteiger partial charge < -0.3 is 19.5 Å². The van der Waals surface area contributed by atoms with Gasteiger partial charge in [0.25, 0.3) is 0 Å². The van der Waals surface area contributed by atoms with Crippen molar-refractivity contribution in [3.05, 3.63) is 24.3 Å². The molecular formula is C21H30FN3O5. The highest BCUT2D eigenvalue weighted by atomic mass is 19.1. The minimum atomic E-state index is -0.782. The number of carbonyl (C=O) groups is 2. The Hall–Kier alpha value is -2.71. The molecule has 1 aliphatic rings. The molecule has 1 fully saturated rings. The van der Waals surface area contributed by atoms with Crippen LogP contribution in [-0.2, 0) is 14.3 Å². The maximum absolute atomic E-state index is 13.1. The smallest absolute Gasteiger partial charge is 0.309 e. The van der Waals surface area contributed by atoms with E-state index in [9.17, 15) is 19.1 Å². The Bertz CT molecular complexity index is 766. The molecule has 1 aliphatic heterocycles. The monoisotopic (exact) mass is 423 g/mol. The van der Waals surface area contributed by atoms with Crippen LogP contribution in [0.25, 0.3) is 0 Å². The summed E-state index contributed by atoms with van der Waals surface area (Å²) in [5.41, 5.74) is -0.963. The van der Waals surface area contributed by atoms with Gasteiger partial charge in [0.2, 0.25) is 5.95 Å². The fraction of sp³-hybridized carbons (Fsp3) is 0.619. The molecule has 0 atom stereocenters. The second kappa shape index (κ2) is 9.86. The van der Waals surface area contributed by atoms with Crippen molar-refractivity contribution in [3.8, 4) is 5.75 Å². The first-order valence-electron chi connectivity index (χ1n) is 9.95. The third-order valence-corrected chi connectivity index (χ3v) is 4.93. The van der Waals surface area contributed by atoms with E-state index < -0.39 is 23.0 Å². The number of aromatic nitrogens is 2. The predicted octanol–water partition coefficient (Wildman–Crippen LogP) is 3.52. The topological polar surface area (TPSA) is 102 Å². The van der Waals surface area contributed by atoms with Crippen molar-refractivity contribution < 1.29 is 28.6 Å². The molecule has 0 aliphatic carbocycles. The largest absolute Gasteiger partial charge is 0.486 e. The molecule has 2 rings (SSSR count). The lowest BCUT2D eigenvalue weighted by Gasteiger charge is -2.36. The third-order valence-electron chi connectivity index (χ3n) is 4.93. The van der Waals surface area contributed by atoms with E-state index in [1.165, 1.54) is 12.4 Å². The Morgan fingerprint density at radius 3 is 2.33 bits per heavy atom. The van der Waals surface area contributed by atoms with Crippen molar-refractivity contribution in [1.29, 1.82) is 0 Å². The SMILES string of the molecule is CC(C)(C)OC(=O)CC/C(=C\F)COc1cnc(N2CCC(C)(C(=O)O)CC2)nc1. The molecule has 166 valence electrons. The summed E-state index contributed by atoms with van der Waals surface area (Å²) in [6.45, 7) is 8.17. The molecular weight excluding hydrogens is 393 g/mol. The lowest BCUT2D eigenvalue weighted by molar-refractivity contribution is -0.154. The van der Waals surface area contributed by atoms with Gasteiger partial charge in [0.1, 0.15) is 12.2 Å². The minimum Gasteiger partial charge on any atom is -0.486 e. The number of hydrogen-bond acceptors (Lipinski definition) is 7. The van der Waals surface area contributed by atoms with Crippen LogP contribution in [0.1, 0.15) is 53.4 Å². The summed E-state index contributed by atoms with van der Waals surface area (Å²) >= 11 is 0. The van der Waals surface area contributed by atoms with Crippen LogP contribution in [0.2, 0.25) is 0 Å². The Morgan fingerprint density at radius 2 is 1.83 bits per heavy atom. The number of rotatable bonds is 8. The summed E-state index contributed by atoms with van der Waals surface area (Å²) in [5.74, 6) is -0.297. The van der Waals surface area contributed by atoms with E-state index in [0.29, 0.717) is 49.5 Å². The second-order valence-corrected chi connectivity index (χ2v) is 8.71. The summed E-state index contributed by atoms with van der Waals surface area (Å²) in [7, 11) is 0. The van der Waals surface area contributed by atoms with Gasteiger partial charge >= 0.3 is 11.9 Å². The van der Waals surface area contributed by atoms with E-state index in [0.717, 1.165) is 0 Å². The molecule has 0 saturated carbocycles. The Morgan fingerprint density at radius 1 is 1.23 bits per heavy atom. The number of aliphatic carboxylic acids is 1. The number of nitrogens with zero attached hydrogens (tertiary/aromatic N) is 3. The average molecular weight is 423 g/mol. The molecule has 0 bridgehead atoms. The molecule has 2 heterocycles. The summed E-state index contributed by atoms with van der Waals surface area (Å²) in [6, 6.07) is 0. The van der Waals surface area contributed by atoms with E-state index in [1.807, 2.05) is 4.90 Å². The highest BCUT2D eigenvalue weighted by molar-refractivity contribution is 5.74. The highest BCUT2D eigenvalue weighted by Gasteiger charge is 2.37. The average Bonchev–Trinajstić information content (AvgIpc) is 2.68. The van der Waals surface area contributed by atoms with Crippen LogP contribution in [-0.4, -0.2) is 52.3 Å². The standard InChI is InChI=1S/C21H30FN3O5/c1-20(2,3)30-17(26)6-5-15(11-22)14-29-16-12-23-19(24-13-16)25-9-7-21(4,8-10-25)18(27)28/h11-13H,5-10,14H2,1-4H3,(H,27,28)/b15-11+. The van der Waals surface area contributed by atoms with Gasteiger partial charge in [-0.1, -0.05) is 0 Å². The van der Waals surface area contributed by atoms with Crippen LogP contribution in [0.5, 0.6) is 5.75 Å². The third kappa shape index (κ3) is 6.96. The molecule has 9 heteroatoms. The van der Waals surface area contributed by atoms with Crippen molar-refractivity contribution in [1.82, 2.24) is 9.97 Å². The Labute approximate surface area is 176 Å². The zero-order valence-corrected chi connectivity index (χ0v) is 18.0. The van der Waals surface area contributed by atoms with Crippen molar-refractivity contribution >= 4 is 17.9 Å². The summed E-state index contributed by atoms with van der Waals surface area (Å²) in [5, 5.41) is 9.31. The molecule has 1 aromatic heterocycles. The molecule has 0 aromatic carbocycles. The number of carboxylic acids is 1. The van der Waals surface area contributed by atoms with E-state index in [4.69, 9.17) is 9.47 Å². The molecule has 0 spiro atoms. The van der Waals surface area contributed by atoms with Crippen LogP contribution in [0, 0.1) is 5.41 Å². The summed E-state index contributed by atoms with van der Waals surface area (Å²) in [4.78, 5) is 33.6. The molecule has 1 aromatic rings. The maximum Gasteiger partial charge on any atom is 0.309 e. The lowest BCUT2D eigenvalue weighted by Crippen LogP contribution is -2.43. The van der Waals surface area contributed by atoms with E-state index in [1.54, 1.807) is 27.7 Å². The fourth-order valence-electron chi connectivity index (χ4n) is 2.95. The second-order valence-electron chi connectivity index (χ2n) is 8.71. The Kier molecular flexibility index (Phi) is 7.75. The van der Waals surface area contributed by atoms with Crippen molar-refractivity contribution in [2.75, 3.05) is 24.6 Å². The molecule has 0 unspecified atom stereocenters. The van der Waals surface area contributed by atoms with Gasteiger partial charge in [-0.2, -0.15) is 0 Å². The van der Waals surface area contributed by atoms with Crippen LogP contribution in [0.15, 0.2) is 24.3 Å². The van der Waals surface area contributed by atoms with Gasteiger partial charge in [-0.25, -0.2) is 14.4 Å². The summed E-state index contributed by atoms with van der Waals surface area (Å²) in [6.07, 6.45) is 4.73. The predicted molar refractivity (Wildman–Crippen MR) is 109 cm³/mol. The van der Waals surface area contributed by atoms with E-state index in [2.05, 4.69) is 9.97 Å². The Balaban J connectivity index is 1.81. The van der Waals surface area contributed by atoms with Crippen LogP contribution >= 0.6 is 0 Å². The molecule has 30 heavy (non-hydrogen) atoms. The number of halogens is 1. The van der Waals surface area contributed by atoms with E-state index >= 15 is 0 Å². The van der Waals surface area contributed by atoms with Crippen LogP contribution in [0.3, 0.4) is 0 Å². The maximum atomic E-state index is 13.1. The number of carbonyl (C=O) groups excluding carboxylic acids is 1. The van der Waals surface area contributed by atoms with Crippen molar-refractivity contribution in [2.45, 2.75) is 59.0 Å². The van der Waals surface area contributed by atoms with Crippen LogP contribution < -0.4 is 9.64 Å². The fourth-order valence-corrected chi connectivity index (χ4v) is 2.95. The van der Waals surface area contributed by atoms with Crippen LogP contribution in [0.4, 0.5) is 10.3 Å².